The molecule has 0 aliphatic heterocycles. The quantitative estimate of drug-likeness (QED) is 0.256. The first-order valence-corrected chi connectivity index (χ1v) is 11.2. The summed E-state index contributed by atoms with van der Waals surface area (Å²) in [7, 11) is 3.59. The van der Waals surface area contributed by atoms with Crippen LogP contribution in [0.15, 0.2) is 48.5 Å². The monoisotopic (exact) mass is 436 g/mol. The number of aryl methyl sites for hydroxylation is 1. The molecule has 4 N–H and O–H groups in total. The molecule has 7 nitrogen and oxygen atoms in total. The van der Waals surface area contributed by atoms with Gasteiger partial charge in [-0.3, -0.25) is 9.44 Å². The number of aromatic nitrogens is 3. The Morgan fingerprint density at radius 1 is 1.06 bits per heavy atom. The van der Waals surface area contributed by atoms with Crippen LogP contribution < -0.4 is 19.9 Å². The van der Waals surface area contributed by atoms with Crippen molar-refractivity contribution in [2.45, 2.75) is 25.8 Å². The number of nitrogens with two attached hydrogens (primary N) is 1. The summed E-state index contributed by atoms with van der Waals surface area (Å²) in [5.74, 6) is 2.33. The predicted molar refractivity (Wildman–Crippen MR) is 129 cm³/mol. The lowest BCUT2D eigenvalue weighted by molar-refractivity contribution is 0.414. The Hall–Kier alpha value is -2.81. The molecular formula is C23H28N6OS. The van der Waals surface area contributed by atoms with Crippen molar-refractivity contribution >= 4 is 39.9 Å². The molecule has 0 unspecified atom stereocenters. The van der Waals surface area contributed by atoms with E-state index in [1.165, 1.54) is 17.7 Å². The van der Waals surface area contributed by atoms with Crippen LogP contribution in [0.2, 0.25) is 0 Å². The number of pyridine rings is 1. The summed E-state index contributed by atoms with van der Waals surface area (Å²) in [4.78, 5) is 9.53. The highest BCUT2D eigenvalue weighted by Gasteiger charge is 2.17. The molecule has 2 aromatic carbocycles. The average Bonchev–Trinajstić information content (AvgIpc) is 3.15. The zero-order chi connectivity index (χ0) is 21.6. The van der Waals surface area contributed by atoms with Gasteiger partial charge in [0.1, 0.15) is 17.1 Å². The van der Waals surface area contributed by atoms with Crippen molar-refractivity contribution in [2.24, 2.45) is 0 Å². The first kappa shape index (κ1) is 21.4. The van der Waals surface area contributed by atoms with Crippen LogP contribution in [-0.4, -0.2) is 35.2 Å². The van der Waals surface area contributed by atoms with E-state index in [2.05, 4.69) is 37.2 Å². The summed E-state index contributed by atoms with van der Waals surface area (Å²) < 4.78 is 13.9. The molecule has 0 atom stereocenters. The molecule has 0 aliphatic carbocycles. The number of rotatable bonds is 10. The SMILES string of the molecule is CNSNCCCCn1c(Cc2ccc(OC)cc2)nc2c(N)nc3ccccc3c21. The second-order valence-corrected chi connectivity index (χ2v) is 8.22. The third-order valence-electron chi connectivity index (χ3n) is 5.30. The Bertz CT molecular complexity index is 1160. The van der Waals surface area contributed by atoms with E-state index in [4.69, 9.17) is 15.5 Å². The smallest absolute Gasteiger partial charge is 0.152 e. The molecule has 0 fully saturated rings. The fraction of sp³-hybridized carbons (Fsp3) is 0.304. The molecule has 4 aromatic rings. The second-order valence-electron chi connectivity index (χ2n) is 7.32. The van der Waals surface area contributed by atoms with Crippen molar-refractivity contribution in [1.82, 2.24) is 24.0 Å². The van der Waals surface area contributed by atoms with E-state index in [1.807, 2.05) is 37.4 Å². The van der Waals surface area contributed by atoms with Crippen LogP contribution in [0.5, 0.6) is 5.75 Å². The molecule has 2 aromatic heterocycles. The van der Waals surface area contributed by atoms with E-state index < -0.39 is 0 Å². The lowest BCUT2D eigenvalue weighted by atomic mass is 10.1. The number of imidazole rings is 1. The van der Waals surface area contributed by atoms with E-state index >= 15 is 0 Å². The highest BCUT2D eigenvalue weighted by Crippen LogP contribution is 2.30. The van der Waals surface area contributed by atoms with Crippen LogP contribution in [0.4, 0.5) is 5.82 Å². The maximum Gasteiger partial charge on any atom is 0.152 e. The van der Waals surface area contributed by atoms with Crippen molar-refractivity contribution in [2.75, 3.05) is 26.4 Å². The number of anilines is 1. The average molecular weight is 437 g/mol. The maximum atomic E-state index is 6.32. The molecule has 8 heteroatoms. The number of nitrogens with zero attached hydrogens (tertiary/aromatic N) is 3. The number of para-hydroxylation sites is 1. The van der Waals surface area contributed by atoms with Crippen LogP contribution in [0.3, 0.4) is 0 Å². The van der Waals surface area contributed by atoms with Gasteiger partial charge >= 0.3 is 0 Å². The number of nitrogen functional groups attached to an aromatic ring is 1. The van der Waals surface area contributed by atoms with Crippen LogP contribution in [0, 0.1) is 0 Å². The third-order valence-corrected chi connectivity index (χ3v) is 5.85. The molecule has 31 heavy (non-hydrogen) atoms. The first-order valence-electron chi connectivity index (χ1n) is 10.4. The van der Waals surface area contributed by atoms with Crippen LogP contribution in [0.25, 0.3) is 21.9 Å². The van der Waals surface area contributed by atoms with Gasteiger partial charge in [0.2, 0.25) is 0 Å². The minimum atomic E-state index is 0.482. The lowest BCUT2D eigenvalue weighted by Crippen LogP contribution is -2.12. The zero-order valence-corrected chi connectivity index (χ0v) is 18.7. The first-order chi connectivity index (χ1) is 15.2. The second kappa shape index (κ2) is 10.00. The molecule has 162 valence electrons. The van der Waals surface area contributed by atoms with E-state index in [-0.39, 0.29) is 0 Å². The van der Waals surface area contributed by atoms with Gasteiger partial charge in [0, 0.05) is 37.0 Å². The minimum Gasteiger partial charge on any atom is -0.497 e. The number of hydrogen-bond acceptors (Lipinski definition) is 7. The van der Waals surface area contributed by atoms with Gasteiger partial charge in [-0.05, 0) is 43.7 Å². The molecule has 0 bridgehead atoms. The van der Waals surface area contributed by atoms with Crippen molar-refractivity contribution in [3.8, 4) is 5.75 Å². The van der Waals surface area contributed by atoms with E-state index in [0.29, 0.717) is 5.82 Å². The predicted octanol–water partition coefficient (Wildman–Crippen LogP) is 3.92. The highest BCUT2D eigenvalue weighted by atomic mass is 32.2. The van der Waals surface area contributed by atoms with Gasteiger partial charge in [0.15, 0.2) is 5.82 Å². The minimum absolute atomic E-state index is 0.482. The molecule has 2 heterocycles. The lowest BCUT2D eigenvalue weighted by Gasteiger charge is -2.11. The molecule has 0 amide bonds. The molecule has 0 radical (unpaired) electrons. The number of benzene rings is 2. The standard InChI is InChI=1S/C23H28N6OS/c1-25-31-26-13-5-6-14-29-20(15-16-9-11-17(30-2)12-10-16)28-21-22(29)18-7-3-4-8-19(18)27-23(21)24/h3-4,7-12,25-26H,5-6,13-15H2,1-2H3,(H2,24,27). The molecule has 0 spiro atoms. The van der Waals surface area contributed by atoms with E-state index in [1.54, 1.807) is 7.11 Å². The molecular weight excluding hydrogens is 408 g/mol. The summed E-state index contributed by atoms with van der Waals surface area (Å²) in [6.45, 7) is 1.82. The summed E-state index contributed by atoms with van der Waals surface area (Å²) in [5.41, 5.74) is 10.3. The van der Waals surface area contributed by atoms with Crippen molar-refractivity contribution < 1.29 is 4.74 Å². The van der Waals surface area contributed by atoms with Gasteiger partial charge in [0.25, 0.3) is 0 Å². The van der Waals surface area contributed by atoms with Crippen LogP contribution >= 0.6 is 12.1 Å². The normalized spacial score (nSPS) is 11.4. The van der Waals surface area contributed by atoms with Crippen molar-refractivity contribution in [3.63, 3.8) is 0 Å². The zero-order valence-electron chi connectivity index (χ0n) is 17.9. The van der Waals surface area contributed by atoms with Gasteiger partial charge in [-0.25, -0.2) is 9.97 Å². The third kappa shape index (κ3) is 4.76. The van der Waals surface area contributed by atoms with Crippen LogP contribution in [-0.2, 0) is 13.0 Å². The Morgan fingerprint density at radius 2 is 1.87 bits per heavy atom. The summed E-state index contributed by atoms with van der Waals surface area (Å²) in [6, 6.07) is 16.3. The van der Waals surface area contributed by atoms with Crippen LogP contribution in [0.1, 0.15) is 24.2 Å². The Labute approximate surface area is 186 Å². The molecule has 0 saturated carbocycles. The maximum absolute atomic E-state index is 6.32. The van der Waals surface area contributed by atoms with E-state index in [0.717, 1.165) is 65.9 Å². The number of ether oxygens (including phenoxy) is 1. The Balaban J connectivity index is 1.70. The van der Waals surface area contributed by atoms with Gasteiger partial charge in [-0.15, -0.1) is 0 Å². The van der Waals surface area contributed by atoms with Crippen molar-refractivity contribution in [3.05, 3.63) is 59.9 Å². The fourth-order valence-electron chi connectivity index (χ4n) is 3.80. The number of hydrogen-bond donors (Lipinski definition) is 3. The number of fused-ring (bicyclic) bond motifs is 3. The topological polar surface area (TPSA) is 90.0 Å². The van der Waals surface area contributed by atoms with E-state index in [9.17, 15) is 0 Å². The highest BCUT2D eigenvalue weighted by molar-refractivity contribution is 7.95. The molecule has 4 rings (SSSR count). The number of nitrogens with one attached hydrogen (secondary N) is 2. The number of methoxy groups -OCH3 is 1. The summed E-state index contributed by atoms with van der Waals surface area (Å²) in [6.07, 6.45) is 2.82. The molecule has 0 saturated heterocycles. The Kier molecular flexibility index (Phi) is 6.91. The number of unbranched alkanes of at least 4 members (excludes halogenated alkanes) is 1. The Morgan fingerprint density at radius 3 is 2.65 bits per heavy atom. The van der Waals surface area contributed by atoms with Gasteiger partial charge in [-0.1, -0.05) is 30.3 Å². The van der Waals surface area contributed by atoms with Crippen molar-refractivity contribution in [1.29, 1.82) is 0 Å². The van der Waals surface area contributed by atoms with Gasteiger partial charge < -0.3 is 15.0 Å². The largest absolute Gasteiger partial charge is 0.497 e. The fourth-order valence-corrected chi connectivity index (χ4v) is 4.19. The summed E-state index contributed by atoms with van der Waals surface area (Å²) in [5, 5.41) is 1.09. The summed E-state index contributed by atoms with van der Waals surface area (Å²) >= 11 is 1.52. The van der Waals surface area contributed by atoms with Gasteiger partial charge in [0.05, 0.1) is 18.1 Å². The molecule has 0 aliphatic rings. The van der Waals surface area contributed by atoms with Gasteiger partial charge in [-0.2, -0.15) is 0 Å².